The van der Waals surface area contributed by atoms with Crippen molar-refractivity contribution in [1.82, 2.24) is 5.32 Å². The average molecular weight is 534 g/mol. The summed E-state index contributed by atoms with van der Waals surface area (Å²) in [6.07, 6.45) is -4.35. The van der Waals surface area contributed by atoms with Gasteiger partial charge in [-0.3, -0.25) is 9.59 Å². The van der Waals surface area contributed by atoms with Crippen LogP contribution in [0.3, 0.4) is 0 Å². The molecule has 0 aromatic heterocycles. The molecule has 4 aromatic carbocycles. The Morgan fingerprint density at radius 3 is 2.05 bits per heavy atom. The smallest absolute Gasteiger partial charge is 0.481 e. The standard InChI is InChI=1S/C31H26F3NO4/c1-20-2-6-23(7-3-20)28-15-12-25(22-10-13-27(14-11-22)39-31(32,33)34)19-26(28)18-21-4-8-24(9-5-21)30(38)35-17-16-29(36)37/h2-15,19H,16-18H2,1H3,(H,35,38)(H,36,37). The summed E-state index contributed by atoms with van der Waals surface area (Å²) in [5.74, 6) is -1.61. The van der Waals surface area contributed by atoms with E-state index >= 15 is 0 Å². The lowest BCUT2D eigenvalue weighted by atomic mass is 9.91. The minimum atomic E-state index is -4.75. The molecule has 0 radical (unpaired) electrons. The van der Waals surface area contributed by atoms with Crippen LogP contribution >= 0.6 is 0 Å². The number of aryl methyl sites for hydroxylation is 1. The fraction of sp³-hybridized carbons (Fsp3) is 0.161. The predicted molar refractivity (Wildman–Crippen MR) is 143 cm³/mol. The Bertz CT molecular complexity index is 1450. The van der Waals surface area contributed by atoms with Gasteiger partial charge in [-0.25, -0.2) is 0 Å². The van der Waals surface area contributed by atoms with E-state index in [9.17, 15) is 22.8 Å². The van der Waals surface area contributed by atoms with Crippen LogP contribution in [0.2, 0.25) is 0 Å². The van der Waals surface area contributed by atoms with E-state index in [1.807, 2.05) is 61.5 Å². The fourth-order valence-electron chi connectivity index (χ4n) is 4.16. The Labute approximate surface area is 223 Å². The summed E-state index contributed by atoms with van der Waals surface area (Å²) in [7, 11) is 0. The molecule has 0 saturated heterocycles. The molecule has 0 atom stereocenters. The van der Waals surface area contributed by atoms with Crippen LogP contribution in [0, 0.1) is 6.92 Å². The van der Waals surface area contributed by atoms with Crippen molar-refractivity contribution in [3.63, 3.8) is 0 Å². The second-order valence-electron chi connectivity index (χ2n) is 9.08. The number of aliphatic carboxylic acids is 1. The third kappa shape index (κ3) is 7.70. The molecule has 200 valence electrons. The van der Waals surface area contributed by atoms with Gasteiger partial charge >= 0.3 is 12.3 Å². The van der Waals surface area contributed by atoms with Gasteiger partial charge in [-0.1, -0.05) is 72.3 Å². The molecule has 0 fully saturated rings. The lowest BCUT2D eigenvalue weighted by Gasteiger charge is -2.14. The number of halogens is 3. The normalized spacial score (nSPS) is 11.2. The van der Waals surface area contributed by atoms with E-state index in [0.29, 0.717) is 12.0 Å². The molecule has 39 heavy (non-hydrogen) atoms. The van der Waals surface area contributed by atoms with Crippen molar-refractivity contribution in [3.05, 3.63) is 113 Å². The van der Waals surface area contributed by atoms with Gasteiger partial charge in [0.15, 0.2) is 0 Å². The monoisotopic (exact) mass is 533 g/mol. The van der Waals surface area contributed by atoms with Gasteiger partial charge in [-0.2, -0.15) is 0 Å². The molecule has 8 heteroatoms. The number of hydrogen-bond acceptors (Lipinski definition) is 3. The zero-order valence-electron chi connectivity index (χ0n) is 21.1. The van der Waals surface area contributed by atoms with Gasteiger partial charge < -0.3 is 15.2 Å². The number of alkyl halides is 3. The Kier molecular flexibility index (Phi) is 8.34. The quantitative estimate of drug-likeness (QED) is 0.242. The van der Waals surface area contributed by atoms with Crippen LogP contribution in [-0.2, 0) is 11.2 Å². The van der Waals surface area contributed by atoms with Crippen molar-refractivity contribution >= 4 is 11.9 Å². The molecule has 0 aliphatic carbocycles. The van der Waals surface area contributed by atoms with Crippen molar-refractivity contribution in [3.8, 4) is 28.0 Å². The molecular formula is C31H26F3NO4. The van der Waals surface area contributed by atoms with Gasteiger partial charge in [0, 0.05) is 12.1 Å². The number of hydrogen-bond donors (Lipinski definition) is 2. The topological polar surface area (TPSA) is 75.6 Å². The number of carboxylic acids is 1. The SMILES string of the molecule is Cc1ccc(-c2ccc(-c3ccc(OC(F)(F)F)cc3)cc2Cc2ccc(C(=O)NCCC(=O)O)cc2)cc1. The summed E-state index contributed by atoms with van der Waals surface area (Å²) >= 11 is 0. The number of ether oxygens (including phenoxy) is 1. The zero-order valence-corrected chi connectivity index (χ0v) is 21.1. The fourth-order valence-corrected chi connectivity index (χ4v) is 4.16. The number of amides is 1. The average Bonchev–Trinajstić information content (AvgIpc) is 2.89. The summed E-state index contributed by atoms with van der Waals surface area (Å²) in [5, 5.41) is 11.3. The Morgan fingerprint density at radius 1 is 0.821 bits per heavy atom. The summed E-state index contributed by atoms with van der Waals surface area (Å²) in [6.45, 7) is 2.06. The number of carbonyl (C=O) groups excluding carboxylic acids is 1. The maximum absolute atomic E-state index is 12.5. The number of carbonyl (C=O) groups is 2. The van der Waals surface area contributed by atoms with Gasteiger partial charge in [0.1, 0.15) is 5.75 Å². The lowest BCUT2D eigenvalue weighted by Crippen LogP contribution is -2.25. The first-order valence-electron chi connectivity index (χ1n) is 12.2. The molecule has 0 bridgehead atoms. The first-order chi connectivity index (χ1) is 18.6. The third-order valence-electron chi connectivity index (χ3n) is 6.12. The molecule has 0 aliphatic heterocycles. The van der Waals surface area contributed by atoms with Crippen LogP contribution in [0.15, 0.2) is 91.0 Å². The summed E-state index contributed by atoms with van der Waals surface area (Å²) in [6, 6.07) is 26.9. The van der Waals surface area contributed by atoms with E-state index in [0.717, 1.165) is 38.9 Å². The van der Waals surface area contributed by atoms with E-state index in [1.54, 1.807) is 24.3 Å². The Hall–Kier alpha value is -4.59. The highest BCUT2D eigenvalue weighted by atomic mass is 19.4. The lowest BCUT2D eigenvalue weighted by molar-refractivity contribution is -0.274. The molecule has 0 unspecified atom stereocenters. The highest BCUT2D eigenvalue weighted by Crippen LogP contribution is 2.32. The second kappa shape index (κ2) is 11.9. The molecule has 4 aromatic rings. The van der Waals surface area contributed by atoms with Crippen LogP contribution in [0.25, 0.3) is 22.3 Å². The van der Waals surface area contributed by atoms with Crippen LogP contribution in [0.4, 0.5) is 13.2 Å². The number of benzene rings is 4. The molecular weight excluding hydrogens is 507 g/mol. The number of carboxylic acid groups (broad SMARTS) is 1. The first-order valence-corrected chi connectivity index (χ1v) is 12.2. The molecule has 1 amide bonds. The zero-order chi connectivity index (χ0) is 28.0. The highest BCUT2D eigenvalue weighted by Gasteiger charge is 2.31. The van der Waals surface area contributed by atoms with E-state index in [-0.39, 0.29) is 24.6 Å². The largest absolute Gasteiger partial charge is 0.573 e. The molecule has 2 N–H and O–H groups in total. The van der Waals surface area contributed by atoms with Crippen LogP contribution in [0.5, 0.6) is 5.75 Å². The molecule has 0 saturated carbocycles. The van der Waals surface area contributed by atoms with Gasteiger partial charge in [0.2, 0.25) is 0 Å². The van der Waals surface area contributed by atoms with Gasteiger partial charge in [-0.05, 0) is 71.0 Å². The van der Waals surface area contributed by atoms with Crippen LogP contribution in [0.1, 0.15) is 33.5 Å². The van der Waals surface area contributed by atoms with Gasteiger partial charge in [-0.15, -0.1) is 13.2 Å². The van der Waals surface area contributed by atoms with E-state index in [4.69, 9.17) is 5.11 Å². The summed E-state index contributed by atoms with van der Waals surface area (Å²) < 4.78 is 41.6. The minimum Gasteiger partial charge on any atom is -0.481 e. The first kappa shape index (κ1) is 27.4. The van der Waals surface area contributed by atoms with E-state index < -0.39 is 12.3 Å². The van der Waals surface area contributed by atoms with Crippen molar-refractivity contribution < 1.29 is 32.6 Å². The van der Waals surface area contributed by atoms with Gasteiger partial charge in [0.05, 0.1) is 6.42 Å². The van der Waals surface area contributed by atoms with Crippen molar-refractivity contribution in [2.24, 2.45) is 0 Å². The maximum Gasteiger partial charge on any atom is 0.573 e. The minimum absolute atomic E-state index is 0.0475. The Morgan fingerprint density at radius 2 is 1.44 bits per heavy atom. The molecule has 4 rings (SSSR count). The predicted octanol–water partition coefficient (Wildman–Crippen LogP) is 7.02. The van der Waals surface area contributed by atoms with E-state index in [1.165, 1.54) is 12.1 Å². The second-order valence-corrected chi connectivity index (χ2v) is 9.08. The van der Waals surface area contributed by atoms with Gasteiger partial charge in [0.25, 0.3) is 5.91 Å². The molecule has 0 spiro atoms. The Balaban J connectivity index is 1.61. The third-order valence-corrected chi connectivity index (χ3v) is 6.12. The summed E-state index contributed by atoms with van der Waals surface area (Å²) in [4.78, 5) is 23.0. The maximum atomic E-state index is 12.5. The number of nitrogens with one attached hydrogen (secondary N) is 1. The summed E-state index contributed by atoms with van der Waals surface area (Å²) in [5.41, 5.74) is 7.16. The highest BCUT2D eigenvalue weighted by molar-refractivity contribution is 5.94. The molecule has 0 aliphatic rings. The van der Waals surface area contributed by atoms with Crippen molar-refractivity contribution in [2.75, 3.05) is 6.54 Å². The molecule has 0 heterocycles. The van der Waals surface area contributed by atoms with E-state index in [2.05, 4.69) is 10.1 Å². The van der Waals surface area contributed by atoms with Crippen LogP contribution < -0.4 is 10.1 Å². The van der Waals surface area contributed by atoms with Crippen molar-refractivity contribution in [2.45, 2.75) is 26.1 Å². The molecule has 5 nitrogen and oxygen atoms in total. The number of rotatable bonds is 9. The van der Waals surface area contributed by atoms with Crippen molar-refractivity contribution in [1.29, 1.82) is 0 Å². The van der Waals surface area contributed by atoms with Crippen LogP contribution in [-0.4, -0.2) is 29.9 Å².